The number of hydrogen-bond acceptors (Lipinski definition) is 6. The Labute approximate surface area is 266 Å². The summed E-state index contributed by atoms with van der Waals surface area (Å²) < 4.78 is 12.5. The van der Waals surface area contributed by atoms with Gasteiger partial charge in [-0.3, -0.25) is 19.8 Å². The van der Waals surface area contributed by atoms with Crippen LogP contribution in [0.3, 0.4) is 0 Å². The fourth-order valence-corrected chi connectivity index (χ4v) is 6.79. The lowest BCUT2D eigenvalue weighted by Gasteiger charge is -2.37. The molecule has 4 atom stereocenters. The first kappa shape index (κ1) is 36.0. The molecule has 1 aliphatic heterocycles. The van der Waals surface area contributed by atoms with Gasteiger partial charge < -0.3 is 14.8 Å². The molecule has 248 valence electrons. The van der Waals surface area contributed by atoms with Crippen molar-refractivity contribution in [3.63, 3.8) is 0 Å². The second kappa shape index (κ2) is 15.7. The van der Waals surface area contributed by atoms with Crippen molar-refractivity contribution in [2.24, 2.45) is 23.7 Å². The summed E-state index contributed by atoms with van der Waals surface area (Å²) in [6, 6.07) is 9.25. The molecule has 3 amide bonds. The minimum Gasteiger partial charge on any atom is -0.444 e. The van der Waals surface area contributed by atoms with Crippen LogP contribution in [0, 0.1) is 23.7 Å². The molecule has 0 bridgehead atoms. The Morgan fingerprint density at radius 2 is 1.64 bits per heavy atom. The average Bonchev–Trinajstić information content (AvgIpc) is 3.17. The summed E-state index contributed by atoms with van der Waals surface area (Å²) in [7, 11) is 0. The molecule has 1 aromatic carbocycles. The number of nitrogens with one attached hydrogen (secondary N) is 2. The maximum atomic E-state index is 13.8. The minimum atomic E-state index is -0.885. The number of rotatable bonds is 12. The van der Waals surface area contributed by atoms with Gasteiger partial charge in [0.1, 0.15) is 11.3 Å². The van der Waals surface area contributed by atoms with Crippen LogP contribution in [0.15, 0.2) is 30.3 Å². The van der Waals surface area contributed by atoms with Gasteiger partial charge in [-0.25, -0.2) is 4.79 Å². The molecule has 2 aliphatic rings. The summed E-state index contributed by atoms with van der Waals surface area (Å²) >= 11 is 0. The summed E-state index contributed by atoms with van der Waals surface area (Å²) in [5, 5.41) is 6.12. The molecule has 0 unspecified atom stereocenters. The van der Waals surface area contributed by atoms with E-state index >= 15 is 0 Å². The molecule has 2 N–H and O–H groups in total. The standard InChI is InChI=1S/C36H59N3O5/c1-24(2)20-29(37-23-27-18-14-11-15-19-27)33(41)38-32(40)28(25(3)4)22-31-30(21-26-16-12-10-13-17-26)39(36(8,9)43-31)34(42)44-35(5,6)7/h11,14-15,18-19,24-26,28-31,37H,10,12-13,16-17,20-23H2,1-9H3,(H,38,40,41)/t28-,29-,30-,31-/m0/s1. The van der Waals surface area contributed by atoms with Gasteiger partial charge in [-0.05, 0) is 77.2 Å². The molecule has 0 aromatic heterocycles. The second-order valence-electron chi connectivity index (χ2n) is 15.2. The quantitative estimate of drug-likeness (QED) is 0.259. The van der Waals surface area contributed by atoms with E-state index in [1.165, 1.54) is 19.3 Å². The van der Waals surface area contributed by atoms with Gasteiger partial charge >= 0.3 is 6.09 Å². The Hall–Kier alpha value is -2.45. The highest BCUT2D eigenvalue weighted by atomic mass is 16.6. The fraction of sp³-hybridized carbons (Fsp3) is 0.750. The van der Waals surface area contributed by atoms with E-state index in [0.717, 1.165) is 24.8 Å². The maximum absolute atomic E-state index is 13.8. The largest absolute Gasteiger partial charge is 0.444 e. The van der Waals surface area contributed by atoms with Crippen molar-refractivity contribution in [2.75, 3.05) is 0 Å². The van der Waals surface area contributed by atoms with Crippen LogP contribution in [0.25, 0.3) is 0 Å². The second-order valence-corrected chi connectivity index (χ2v) is 15.2. The number of carbonyl (C=O) groups is 3. The van der Waals surface area contributed by atoms with Crippen LogP contribution < -0.4 is 10.6 Å². The van der Waals surface area contributed by atoms with E-state index in [4.69, 9.17) is 9.47 Å². The number of carbonyl (C=O) groups excluding carboxylic acids is 3. The lowest BCUT2D eigenvalue weighted by atomic mass is 9.81. The first-order valence-corrected chi connectivity index (χ1v) is 16.9. The fourth-order valence-electron chi connectivity index (χ4n) is 6.79. The molecule has 8 heteroatoms. The van der Waals surface area contributed by atoms with E-state index in [1.54, 1.807) is 4.90 Å². The van der Waals surface area contributed by atoms with Gasteiger partial charge in [-0.15, -0.1) is 0 Å². The van der Waals surface area contributed by atoms with Crippen LogP contribution in [0.1, 0.15) is 119 Å². The third-order valence-corrected chi connectivity index (χ3v) is 8.96. The van der Waals surface area contributed by atoms with Crippen LogP contribution in [-0.4, -0.2) is 52.3 Å². The van der Waals surface area contributed by atoms with E-state index in [2.05, 4.69) is 24.5 Å². The van der Waals surface area contributed by atoms with Gasteiger partial charge in [0.25, 0.3) is 0 Å². The number of imide groups is 1. The number of amides is 3. The normalized spacial score (nSPS) is 22.2. The highest BCUT2D eigenvalue weighted by Gasteiger charge is 2.52. The Morgan fingerprint density at radius 1 is 1.00 bits per heavy atom. The van der Waals surface area contributed by atoms with E-state index in [-0.39, 0.29) is 41.9 Å². The van der Waals surface area contributed by atoms with E-state index in [1.807, 2.05) is 78.8 Å². The summed E-state index contributed by atoms with van der Waals surface area (Å²) in [6.07, 6.45) is 7.06. The zero-order valence-electron chi connectivity index (χ0n) is 28.8. The summed E-state index contributed by atoms with van der Waals surface area (Å²) in [6.45, 7) is 18.2. The van der Waals surface area contributed by atoms with Crippen molar-refractivity contribution in [1.82, 2.24) is 15.5 Å². The highest BCUT2D eigenvalue weighted by Crippen LogP contribution is 2.42. The molecule has 44 heavy (non-hydrogen) atoms. The molecule has 3 rings (SSSR count). The van der Waals surface area contributed by atoms with Gasteiger partial charge in [0, 0.05) is 12.5 Å². The number of benzene rings is 1. The molecule has 1 saturated heterocycles. The molecule has 8 nitrogen and oxygen atoms in total. The smallest absolute Gasteiger partial charge is 0.412 e. The topological polar surface area (TPSA) is 97.0 Å². The van der Waals surface area contributed by atoms with Crippen LogP contribution in [-0.2, 0) is 25.6 Å². The highest BCUT2D eigenvalue weighted by molar-refractivity contribution is 5.98. The molecular formula is C36H59N3O5. The summed E-state index contributed by atoms with van der Waals surface area (Å²) in [4.78, 5) is 42.6. The van der Waals surface area contributed by atoms with Gasteiger partial charge in [-0.1, -0.05) is 90.1 Å². The lowest BCUT2D eigenvalue weighted by molar-refractivity contribution is -0.136. The Kier molecular flexibility index (Phi) is 12.9. The Bertz CT molecular complexity index is 1070. The van der Waals surface area contributed by atoms with E-state index in [0.29, 0.717) is 25.3 Å². The SMILES string of the molecule is CC(C)C[C@H](NCc1ccccc1)C(=O)NC(=O)[C@@H](C[C@@H]1OC(C)(C)N(C(=O)OC(C)(C)C)[C@H]1CC1CCCCC1)C(C)C. The van der Waals surface area contributed by atoms with E-state index < -0.39 is 23.3 Å². The number of hydrogen-bond donors (Lipinski definition) is 2. The van der Waals surface area contributed by atoms with Crippen LogP contribution >= 0.6 is 0 Å². The van der Waals surface area contributed by atoms with Gasteiger partial charge in [0.15, 0.2) is 0 Å². The Morgan fingerprint density at radius 3 is 2.20 bits per heavy atom. The molecule has 1 aliphatic carbocycles. The van der Waals surface area contributed by atoms with Crippen LogP contribution in [0.5, 0.6) is 0 Å². The van der Waals surface area contributed by atoms with Gasteiger partial charge in [-0.2, -0.15) is 0 Å². The molecule has 1 heterocycles. The van der Waals surface area contributed by atoms with Crippen molar-refractivity contribution >= 4 is 17.9 Å². The van der Waals surface area contributed by atoms with Crippen molar-refractivity contribution < 1.29 is 23.9 Å². The molecule has 1 aromatic rings. The molecule has 2 fully saturated rings. The van der Waals surface area contributed by atoms with Crippen molar-refractivity contribution in [3.8, 4) is 0 Å². The summed E-state index contributed by atoms with van der Waals surface area (Å²) in [5.41, 5.74) is -0.438. The van der Waals surface area contributed by atoms with E-state index in [9.17, 15) is 14.4 Å². The van der Waals surface area contributed by atoms with Crippen molar-refractivity contribution in [1.29, 1.82) is 0 Å². The molecular weight excluding hydrogens is 554 g/mol. The Balaban J connectivity index is 1.78. The predicted molar refractivity (Wildman–Crippen MR) is 175 cm³/mol. The molecule has 0 spiro atoms. The molecule has 1 saturated carbocycles. The van der Waals surface area contributed by atoms with Gasteiger partial charge in [0.2, 0.25) is 11.8 Å². The van der Waals surface area contributed by atoms with Gasteiger partial charge in [0.05, 0.1) is 18.2 Å². The predicted octanol–water partition coefficient (Wildman–Crippen LogP) is 7.21. The third kappa shape index (κ3) is 10.6. The first-order valence-electron chi connectivity index (χ1n) is 16.9. The van der Waals surface area contributed by atoms with Crippen LogP contribution in [0.4, 0.5) is 4.79 Å². The summed E-state index contributed by atoms with van der Waals surface area (Å²) in [5.74, 6) is -0.291. The average molecular weight is 614 g/mol. The number of nitrogens with zero attached hydrogens (tertiary/aromatic N) is 1. The zero-order valence-corrected chi connectivity index (χ0v) is 28.8. The number of ether oxygens (including phenoxy) is 2. The third-order valence-electron chi connectivity index (χ3n) is 8.96. The first-order chi connectivity index (χ1) is 20.6. The van der Waals surface area contributed by atoms with Crippen molar-refractivity contribution in [2.45, 2.75) is 150 Å². The monoisotopic (exact) mass is 613 g/mol. The molecule has 0 radical (unpaired) electrons. The lowest BCUT2D eigenvalue weighted by Crippen LogP contribution is -2.51. The van der Waals surface area contributed by atoms with Crippen molar-refractivity contribution in [3.05, 3.63) is 35.9 Å². The minimum absolute atomic E-state index is 0.0266. The maximum Gasteiger partial charge on any atom is 0.412 e. The zero-order chi connectivity index (χ0) is 32.7. The van der Waals surface area contributed by atoms with Crippen LogP contribution in [0.2, 0.25) is 0 Å².